The van der Waals surface area contributed by atoms with Crippen LogP contribution in [0.25, 0.3) is 0 Å². The van der Waals surface area contributed by atoms with E-state index in [-0.39, 0.29) is 0 Å². The topological polar surface area (TPSA) is 30.5 Å². The normalized spacial score (nSPS) is 24.8. The van der Waals surface area contributed by atoms with Crippen LogP contribution in [0.5, 0.6) is 11.5 Å². The monoisotopic (exact) mass is 289 g/mol. The van der Waals surface area contributed by atoms with E-state index in [0.717, 1.165) is 36.4 Å². The second-order valence-corrected chi connectivity index (χ2v) is 6.40. The first-order valence-electron chi connectivity index (χ1n) is 8.44. The van der Waals surface area contributed by atoms with Crippen molar-refractivity contribution in [1.29, 1.82) is 0 Å². The van der Waals surface area contributed by atoms with Crippen molar-refractivity contribution in [1.82, 2.24) is 5.32 Å². The molecule has 0 spiro atoms. The van der Waals surface area contributed by atoms with Crippen molar-refractivity contribution in [2.75, 3.05) is 19.8 Å². The number of ether oxygens (including phenoxy) is 2. The van der Waals surface area contributed by atoms with E-state index < -0.39 is 0 Å². The fraction of sp³-hybridized carbons (Fsp3) is 0.667. The summed E-state index contributed by atoms with van der Waals surface area (Å²) in [5.74, 6) is 3.62. The molecule has 1 fully saturated rings. The zero-order valence-corrected chi connectivity index (χ0v) is 13.1. The van der Waals surface area contributed by atoms with Crippen LogP contribution in [0.3, 0.4) is 0 Å². The van der Waals surface area contributed by atoms with Gasteiger partial charge < -0.3 is 14.8 Å². The Kier molecular flexibility index (Phi) is 5.02. The summed E-state index contributed by atoms with van der Waals surface area (Å²) in [6, 6.07) is 6.27. The largest absolute Gasteiger partial charge is 0.486 e. The molecule has 21 heavy (non-hydrogen) atoms. The zero-order valence-electron chi connectivity index (χ0n) is 13.1. The summed E-state index contributed by atoms with van der Waals surface area (Å²) in [7, 11) is 0. The maximum atomic E-state index is 5.63. The standard InChI is InChI=1S/C18H27NO2/c1-2-14-3-5-15(6-4-14)12-19-13-16-7-8-17-18(11-16)21-10-9-20-17/h7-8,11,14-15,19H,2-6,9-10,12-13H2,1H3. The minimum absolute atomic E-state index is 0.657. The number of nitrogens with one attached hydrogen (secondary N) is 1. The Labute approximate surface area is 128 Å². The third-order valence-electron chi connectivity index (χ3n) is 4.91. The molecule has 0 amide bonds. The van der Waals surface area contributed by atoms with Crippen LogP contribution in [0, 0.1) is 11.8 Å². The van der Waals surface area contributed by atoms with Gasteiger partial charge in [0, 0.05) is 6.54 Å². The Bertz CT molecular complexity index is 453. The predicted octanol–water partition coefficient (Wildman–Crippen LogP) is 3.76. The van der Waals surface area contributed by atoms with E-state index in [0.29, 0.717) is 13.2 Å². The maximum absolute atomic E-state index is 5.63. The van der Waals surface area contributed by atoms with E-state index in [2.05, 4.69) is 24.4 Å². The Hall–Kier alpha value is -1.22. The van der Waals surface area contributed by atoms with Gasteiger partial charge in [-0.25, -0.2) is 0 Å². The average molecular weight is 289 g/mol. The summed E-state index contributed by atoms with van der Waals surface area (Å²) >= 11 is 0. The van der Waals surface area contributed by atoms with E-state index in [4.69, 9.17) is 9.47 Å². The molecule has 0 atom stereocenters. The molecule has 116 valence electrons. The Morgan fingerprint density at radius 1 is 1.00 bits per heavy atom. The number of benzene rings is 1. The minimum atomic E-state index is 0.657. The Morgan fingerprint density at radius 2 is 1.71 bits per heavy atom. The third-order valence-corrected chi connectivity index (χ3v) is 4.91. The van der Waals surface area contributed by atoms with Crippen LogP contribution in [0.1, 0.15) is 44.6 Å². The van der Waals surface area contributed by atoms with Crippen LogP contribution in [0.15, 0.2) is 18.2 Å². The molecule has 1 saturated carbocycles. The summed E-state index contributed by atoms with van der Waals surface area (Å²) in [4.78, 5) is 0. The van der Waals surface area contributed by atoms with Gasteiger partial charge in [0.2, 0.25) is 0 Å². The van der Waals surface area contributed by atoms with Crippen molar-refractivity contribution in [3.05, 3.63) is 23.8 Å². The molecule has 1 aliphatic carbocycles. The third kappa shape index (κ3) is 3.91. The molecule has 2 aliphatic rings. The molecule has 0 radical (unpaired) electrons. The summed E-state index contributed by atoms with van der Waals surface area (Å²) in [6.45, 7) is 5.70. The van der Waals surface area contributed by atoms with E-state index in [1.807, 2.05) is 6.07 Å². The van der Waals surface area contributed by atoms with Gasteiger partial charge in [-0.3, -0.25) is 0 Å². The minimum Gasteiger partial charge on any atom is -0.486 e. The Balaban J connectivity index is 1.43. The average Bonchev–Trinajstić information content (AvgIpc) is 2.55. The zero-order chi connectivity index (χ0) is 14.5. The van der Waals surface area contributed by atoms with E-state index >= 15 is 0 Å². The quantitative estimate of drug-likeness (QED) is 0.895. The van der Waals surface area contributed by atoms with Crippen LogP contribution in [-0.2, 0) is 6.54 Å². The van der Waals surface area contributed by atoms with Gasteiger partial charge in [0.15, 0.2) is 11.5 Å². The van der Waals surface area contributed by atoms with Crippen LogP contribution in [0.2, 0.25) is 0 Å². The molecule has 1 aliphatic heterocycles. The van der Waals surface area contributed by atoms with E-state index in [1.165, 1.54) is 37.7 Å². The van der Waals surface area contributed by atoms with Crippen LogP contribution >= 0.6 is 0 Å². The smallest absolute Gasteiger partial charge is 0.161 e. The predicted molar refractivity (Wildman–Crippen MR) is 84.9 cm³/mol. The molecule has 3 rings (SSSR count). The molecule has 3 nitrogen and oxygen atoms in total. The van der Waals surface area contributed by atoms with Crippen molar-refractivity contribution < 1.29 is 9.47 Å². The number of rotatable bonds is 5. The molecular formula is C18H27NO2. The van der Waals surface area contributed by atoms with Crippen LogP contribution in [0.4, 0.5) is 0 Å². The van der Waals surface area contributed by atoms with Gasteiger partial charge in [0.05, 0.1) is 0 Å². The molecule has 1 N–H and O–H groups in total. The molecule has 3 heteroatoms. The number of hydrogen-bond acceptors (Lipinski definition) is 3. The highest BCUT2D eigenvalue weighted by Gasteiger charge is 2.19. The highest BCUT2D eigenvalue weighted by Crippen LogP contribution is 2.31. The molecule has 0 bridgehead atoms. The van der Waals surface area contributed by atoms with Crippen molar-refractivity contribution in [3.63, 3.8) is 0 Å². The van der Waals surface area contributed by atoms with E-state index in [9.17, 15) is 0 Å². The van der Waals surface area contributed by atoms with Gasteiger partial charge in [0.1, 0.15) is 13.2 Å². The van der Waals surface area contributed by atoms with Gasteiger partial charge in [-0.05, 0) is 48.9 Å². The summed E-state index contributed by atoms with van der Waals surface area (Å²) < 4.78 is 11.2. The number of hydrogen-bond donors (Lipinski definition) is 1. The lowest BCUT2D eigenvalue weighted by Gasteiger charge is -2.28. The first-order chi connectivity index (χ1) is 10.3. The summed E-state index contributed by atoms with van der Waals surface area (Å²) in [5, 5.41) is 3.61. The highest BCUT2D eigenvalue weighted by molar-refractivity contribution is 5.43. The lowest BCUT2D eigenvalue weighted by Crippen LogP contribution is -2.26. The fourth-order valence-corrected chi connectivity index (χ4v) is 3.46. The van der Waals surface area contributed by atoms with Crippen LogP contribution < -0.4 is 14.8 Å². The van der Waals surface area contributed by atoms with Gasteiger partial charge in [0.25, 0.3) is 0 Å². The molecule has 0 aromatic heterocycles. The van der Waals surface area contributed by atoms with Gasteiger partial charge in [-0.1, -0.05) is 32.3 Å². The molecule has 1 aromatic carbocycles. The SMILES string of the molecule is CCC1CCC(CNCc2ccc3c(c2)OCCO3)CC1. The van der Waals surface area contributed by atoms with Gasteiger partial charge in [-0.2, -0.15) is 0 Å². The fourth-order valence-electron chi connectivity index (χ4n) is 3.46. The van der Waals surface area contributed by atoms with Crippen molar-refractivity contribution in [2.24, 2.45) is 11.8 Å². The molecule has 0 unspecified atom stereocenters. The molecule has 1 aromatic rings. The lowest BCUT2D eigenvalue weighted by atomic mass is 9.81. The Morgan fingerprint density at radius 3 is 2.48 bits per heavy atom. The first-order valence-corrected chi connectivity index (χ1v) is 8.44. The highest BCUT2D eigenvalue weighted by atomic mass is 16.6. The molecule has 1 heterocycles. The molecular weight excluding hydrogens is 262 g/mol. The second-order valence-electron chi connectivity index (χ2n) is 6.40. The summed E-state index contributed by atoms with van der Waals surface area (Å²) in [5.41, 5.74) is 1.28. The van der Waals surface area contributed by atoms with E-state index in [1.54, 1.807) is 0 Å². The van der Waals surface area contributed by atoms with Crippen LogP contribution in [-0.4, -0.2) is 19.8 Å². The van der Waals surface area contributed by atoms with Crippen molar-refractivity contribution in [3.8, 4) is 11.5 Å². The van der Waals surface area contributed by atoms with Gasteiger partial charge in [-0.15, -0.1) is 0 Å². The first kappa shape index (κ1) is 14.7. The second kappa shape index (κ2) is 7.17. The maximum Gasteiger partial charge on any atom is 0.161 e. The van der Waals surface area contributed by atoms with Gasteiger partial charge >= 0.3 is 0 Å². The lowest BCUT2D eigenvalue weighted by molar-refractivity contribution is 0.171. The van der Waals surface area contributed by atoms with Crippen molar-refractivity contribution in [2.45, 2.75) is 45.6 Å². The molecule has 0 saturated heterocycles. The number of fused-ring (bicyclic) bond motifs is 1. The summed E-state index contributed by atoms with van der Waals surface area (Å²) in [6.07, 6.45) is 7.00. The van der Waals surface area contributed by atoms with Crippen molar-refractivity contribution >= 4 is 0 Å².